The van der Waals surface area contributed by atoms with Gasteiger partial charge in [0.1, 0.15) is 17.3 Å². The number of nitrogens with one attached hydrogen (secondary N) is 1. The van der Waals surface area contributed by atoms with Gasteiger partial charge in [0.2, 0.25) is 0 Å². The molecule has 0 aliphatic heterocycles. The lowest BCUT2D eigenvalue weighted by Crippen LogP contribution is -2.27. The van der Waals surface area contributed by atoms with Crippen LogP contribution in [0, 0.1) is 12.7 Å². The van der Waals surface area contributed by atoms with Crippen molar-refractivity contribution in [2.75, 3.05) is 13.2 Å². The van der Waals surface area contributed by atoms with Crippen LogP contribution in [0.4, 0.5) is 4.39 Å². The molecule has 43 heavy (non-hydrogen) atoms. The quantitative estimate of drug-likeness (QED) is 0.160. The third kappa shape index (κ3) is 7.54. The first-order valence-electron chi connectivity index (χ1n) is 15.4. The Bertz CT molecular complexity index is 1550. The number of aromatic nitrogens is 2. The molecule has 0 fully saturated rings. The highest BCUT2D eigenvalue weighted by Crippen LogP contribution is 2.38. The van der Waals surface area contributed by atoms with Gasteiger partial charge in [-0.15, -0.1) is 0 Å². The fraction of sp³-hybridized carbons (Fsp3) is 0.405. The molecule has 0 atom stereocenters. The van der Waals surface area contributed by atoms with Crippen molar-refractivity contribution in [3.8, 4) is 22.7 Å². The largest absolute Gasteiger partial charge is 0.493 e. The number of ether oxygens (including phenoxy) is 1. The maximum absolute atomic E-state index is 14.6. The molecule has 3 aromatic carbocycles. The first kappa shape index (κ1) is 32.0. The second-order valence-corrected chi connectivity index (χ2v) is 12.6. The van der Waals surface area contributed by atoms with Crippen LogP contribution in [0.15, 0.2) is 72.8 Å². The van der Waals surface area contributed by atoms with Crippen LogP contribution < -0.4 is 10.1 Å². The molecule has 1 heterocycles. The van der Waals surface area contributed by atoms with E-state index in [-0.39, 0.29) is 22.6 Å². The zero-order chi connectivity index (χ0) is 31.2. The number of unbranched alkanes of at least 4 members (excludes halogenated alkanes) is 1. The number of carbonyl (C=O) groups is 1. The lowest BCUT2D eigenvalue weighted by atomic mass is 9.76. The third-order valence-electron chi connectivity index (χ3n) is 8.71. The smallest absolute Gasteiger partial charge is 0.270 e. The molecule has 0 bridgehead atoms. The molecule has 6 heteroatoms. The predicted molar refractivity (Wildman–Crippen MR) is 174 cm³/mol. The number of amides is 1. The summed E-state index contributed by atoms with van der Waals surface area (Å²) in [6.07, 6.45) is 3.65. The monoisotopic (exact) mass is 583 g/mol. The Labute approximate surface area is 256 Å². The summed E-state index contributed by atoms with van der Waals surface area (Å²) in [5.41, 5.74) is 5.63. The summed E-state index contributed by atoms with van der Waals surface area (Å²) in [6.45, 7) is 16.6. The van der Waals surface area contributed by atoms with E-state index in [1.807, 2.05) is 31.2 Å². The number of benzene rings is 3. The van der Waals surface area contributed by atoms with E-state index < -0.39 is 0 Å². The first-order chi connectivity index (χ1) is 20.5. The number of nitrogens with zero attached hydrogens (tertiary/aromatic N) is 2. The summed E-state index contributed by atoms with van der Waals surface area (Å²) in [4.78, 5) is 13.3. The van der Waals surface area contributed by atoms with Crippen LogP contribution in [0.3, 0.4) is 0 Å². The zero-order valence-corrected chi connectivity index (χ0v) is 26.8. The van der Waals surface area contributed by atoms with Gasteiger partial charge in [0.15, 0.2) is 0 Å². The van der Waals surface area contributed by atoms with Gasteiger partial charge in [-0.05, 0) is 91.0 Å². The number of aryl methyl sites for hydroxylation is 1. The second kappa shape index (κ2) is 13.6. The van der Waals surface area contributed by atoms with Crippen LogP contribution in [0.25, 0.3) is 16.9 Å². The lowest BCUT2D eigenvalue weighted by Gasteiger charge is -2.30. The predicted octanol–water partition coefficient (Wildman–Crippen LogP) is 8.95. The van der Waals surface area contributed by atoms with Crippen LogP contribution in [0.2, 0.25) is 0 Å². The summed E-state index contributed by atoms with van der Waals surface area (Å²) < 4.78 is 22.5. The fourth-order valence-electron chi connectivity index (χ4n) is 5.00. The van der Waals surface area contributed by atoms with Gasteiger partial charge in [-0.25, -0.2) is 9.07 Å². The molecule has 0 aliphatic rings. The molecule has 0 radical (unpaired) electrons. The summed E-state index contributed by atoms with van der Waals surface area (Å²) in [5.74, 6) is 0.311. The molecule has 228 valence electrons. The molecule has 0 saturated heterocycles. The van der Waals surface area contributed by atoms with Gasteiger partial charge in [-0.1, -0.05) is 77.9 Å². The van der Waals surface area contributed by atoms with Crippen molar-refractivity contribution in [1.82, 2.24) is 15.1 Å². The molecule has 1 amide bonds. The minimum absolute atomic E-state index is 0.00486. The summed E-state index contributed by atoms with van der Waals surface area (Å²) in [7, 11) is 0. The van der Waals surface area contributed by atoms with Crippen molar-refractivity contribution in [3.05, 3.63) is 101 Å². The normalized spacial score (nSPS) is 11.9. The highest BCUT2D eigenvalue weighted by molar-refractivity contribution is 5.94. The van der Waals surface area contributed by atoms with Gasteiger partial charge in [-0.3, -0.25) is 4.79 Å². The Balaban J connectivity index is 1.41. The van der Waals surface area contributed by atoms with E-state index in [1.54, 1.807) is 28.9 Å². The molecule has 1 aromatic heterocycles. The number of rotatable bonds is 13. The Kier molecular flexibility index (Phi) is 10.1. The van der Waals surface area contributed by atoms with Crippen LogP contribution in [0.5, 0.6) is 5.75 Å². The molecule has 0 unspecified atom stereocenters. The van der Waals surface area contributed by atoms with E-state index in [4.69, 9.17) is 4.74 Å². The van der Waals surface area contributed by atoms with Crippen LogP contribution >= 0.6 is 0 Å². The maximum atomic E-state index is 14.6. The molecule has 4 rings (SSSR count). The van der Waals surface area contributed by atoms with Gasteiger partial charge in [0.25, 0.3) is 5.91 Å². The van der Waals surface area contributed by atoms with Crippen molar-refractivity contribution < 1.29 is 13.9 Å². The van der Waals surface area contributed by atoms with E-state index in [2.05, 4.69) is 70.2 Å². The third-order valence-corrected chi connectivity index (χ3v) is 8.71. The Morgan fingerprint density at radius 3 is 2.35 bits per heavy atom. The molecule has 0 aliphatic carbocycles. The van der Waals surface area contributed by atoms with E-state index >= 15 is 0 Å². The molecule has 1 N–H and O–H groups in total. The molecular formula is C37H46FN3O2. The van der Waals surface area contributed by atoms with Crippen molar-refractivity contribution in [2.45, 2.75) is 85.0 Å². The number of carbonyl (C=O) groups excluding carboxylic acids is 1. The molecule has 5 nitrogen and oxygen atoms in total. The Morgan fingerprint density at radius 2 is 1.65 bits per heavy atom. The van der Waals surface area contributed by atoms with Crippen LogP contribution in [-0.4, -0.2) is 28.8 Å². The van der Waals surface area contributed by atoms with Crippen molar-refractivity contribution >= 4 is 5.91 Å². The van der Waals surface area contributed by atoms with Gasteiger partial charge >= 0.3 is 0 Å². The molecule has 0 saturated carbocycles. The summed E-state index contributed by atoms with van der Waals surface area (Å²) in [6, 6.07) is 22.5. The van der Waals surface area contributed by atoms with Crippen molar-refractivity contribution in [3.63, 3.8) is 0 Å². The number of halogens is 1. The fourth-order valence-corrected chi connectivity index (χ4v) is 5.00. The van der Waals surface area contributed by atoms with E-state index in [9.17, 15) is 9.18 Å². The van der Waals surface area contributed by atoms with E-state index in [1.165, 1.54) is 17.2 Å². The first-order valence-corrected chi connectivity index (χ1v) is 15.4. The number of hydrogen-bond acceptors (Lipinski definition) is 3. The highest BCUT2D eigenvalue weighted by atomic mass is 19.1. The molecule has 4 aromatic rings. The lowest BCUT2D eigenvalue weighted by molar-refractivity contribution is 0.0944. The Morgan fingerprint density at radius 1 is 0.907 bits per heavy atom. The zero-order valence-electron chi connectivity index (χ0n) is 26.8. The SMILES string of the molecule is CCC(C)(C)c1ccc(OCCCCNC(=O)c2cc(-c3ccccc3F)nn2-c2cccc(C)c2)c(C(C)(C)CC)c1. The standard InChI is InChI=1S/C37H46FN3O2/c1-8-36(4,5)27-19-20-34(30(24-27)37(6,7)9-2)43-22-13-12-21-39-35(42)33-25-32(29-17-10-11-18-31(29)38)40-41(33)28-16-14-15-26(3)23-28/h10-11,14-20,23-25H,8-9,12-13,21-22H2,1-7H3,(H,39,42). The average Bonchev–Trinajstić information content (AvgIpc) is 3.44. The summed E-state index contributed by atoms with van der Waals surface area (Å²) in [5, 5.41) is 7.65. The van der Waals surface area contributed by atoms with Gasteiger partial charge < -0.3 is 10.1 Å². The topological polar surface area (TPSA) is 56.1 Å². The minimum atomic E-state index is -0.377. The second-order valence-electron chi connectivity index (χ2n) is 12.6. The van der Waals surface area contributed by atoms with Gasteiger partial charge in [-0.2, -0.15) is 5.10 Å². The van der Waals surface area contributed by atoms with Gasteiger partial charge in [0.05, 0.1) is 18.0 Å². The molecular weight excluding hydrogens is 537 g/mol. The van der Waals surface area contributed by atoms with Crippen molar-refractivity contribution in [2.24, 2.45) is 0 Å². The highest BCUT2D eigenvalue weighted by Gasteiger charge is 2.26. The van der Waals surface area contributed by atoms with E-state index in [0.717, 1.165) is 42.7 Å². The summed E-state index contributed by atoms with van der Waals surface area (Å²) >= 11 is 0. The van der Waals surface area contributed by atoms with Crippen LogP contribution in [-0.2, 0) is 10.8 Å². The Hall–Kier alpha value is -3.93. The average molecular weight is 584 g/mol. The van der Waals surface area contributed by atoms with Crippen LogP contribution in [0.1, 0.15) is 94.4 Å². The number of hydrogen-bond donors (Lipinski definition) is 1. The van der Waals surface area contributed by atoms with E-state index in [0.29, 0.717) is 30.1 Å². The van der Waals surface area contributed by atoms with Crippen molar-refractivity contribution in [1.29, 1.82) is 0 Å². The minimum Gasteiger partial charge on any atom is -0.493 e. The maximum Gasteiger partial charge on any atom is 0.270 e. The van der Waals surface area contributed by atoms with Gasteiger partial charge in [0, 0.05) is 17.7 Å². The molecule has 0 spiro atoms.